The van der Waals surface area contributed by atoms with Crippen molar-refractivity contribution in [2.24, 2.45) is 11.8 Å². The Morgan fingerprint density at radius 2 is 1.60 bits per heavy atom. The molecular weight excluding hydrogens is 320 g/mol. The van der Waals surface area contributed by atoms with Gasteiger partial charge in [0.25, 0.3) is 5.69 Å². The highest BCUT2D eigenvalue weighted by Gasteiger charge is 2.17. The van der Waals surface area contributed by atoms with Crippen LogP contribution in [0.1, 0.15) is 57.8 Å². The Hall–Kier alpha value is -1.95. The second kappa shape index (κ2) is 10.1. The maximum Gasteiger partial charge on any atom is 0.338 e. The minimum absolute atomic E-state index is 0.0449. The van der Waals surface area contributed by atoms with Crippen LogP contribution in [0.3, 0.4) is 0 Å². The van der Waals surface area contributed by atoms with E-state index in [-0.39, 0.29) is 11.8 Å². The summed E-state index contributed by atoms with van der Waals surface area (Å²) in [5.74, 6) is 0.747. The normalized spacial score (nSPS) is 12.6. The Balaban J connectivity index is 2.52. The van der Waals surface area contributed by atoms with E-state index in [0.717, 1.165) is 12.8 Å². The largest absolute Gasteiger partial charge is 0.458 e. The SMILES string of the molecule is CC(C)CC(CC(C)C)NCC(C)OC(=O)c1ccc([N+](=O)[O-])cc1. The van der Waals surface area contributed by atoms with Crippen LogP contribution in [0.4, 0.5) is 5.69 Å². The third-order valence-electron chi connectivity index (χ3n) is 3.83. The predicted octanol–water partition coefficient (Wildman–Crippen LogP) is 4.19. The summed E-state index contributed by atoms with van der Waals surface area (Å²) in [6, 6.07) is 5.85. The molecule has 25 heavy (non-hydrogen) atoms. The highest BCUT2D eigenvalue weighted by Crippen LogP contribution is 2.15. The van der Waals surface area contributed by atoms with Crippen LogP contribution in [0.25, 0.3) is 0 Å². The first-order chi connectivity index (χ1) is 11.7. The zero-order chi connectivity index (χ0) is 19.0. The fraction of sp³-hybridized carbons (Fsp3) is 0.632. The first kappa shape index (κ1) is 21.1. The van der Waals surface area contributed by atoms with E-state index >= 15 is 0 Å². The topological polar surface area (TPSA) is 81.5 Å². The van der Waals surface area contributed by atoms with Gasteiger partial charge in [-0.3, -0.25) is 10.1 Å². The molecule has 1 rings (SSSR count). The number of ether oxygens (including phenoxy) is 1. The molecule has 1 aromatic carbocycles. The van der Waals surface area contributed by atoms with E-state index in [1.807, 2.05) is 6.92 Å². The van der Waals surface area contributed by atoms with Crippen LogP contribution in [0, 0.1) is 22.0 Å². The molecule has 0 radical (unpaired) electrons. The van der Waals surface area contributed by atoms with E-state index in [9.17, 15) is 14.9 Å². The van der Waals surface area contributed by atoms with Gasteiger partial charge in [-0.05, 0) is 43.7 Å². The molecular formula is C19H30N2O4. The maximum atomic E-state index is 12.1. The van der Waals surface area contributed by atoms with Gasteiger partial charge in [0.1, 0.15) is 6.10 Å². The molecule has 0 aromatic heterocycles. The molecule has 0 spiro atoms. The van der Waals surface area contributed by atoms with E-state index in [1.54, 1.807) is 0 Å². The van der Waals surface area contributed by atoms with Gasteiger partial charge in [0.2, 0.25) is 0 Å². The number of non-ortho nitro benzene ring substituents is 1. The highest BCUT2D eigenvalue weighted by molar-refractivity contribution is 5.89. The van der Waals surface area contributed by atoms with Crippen LogP contribution in [0.5, 0.6) is 0 Å². The van der Waals surface area contributed by atoms with E-state index in [0.29, 0.717) is 30.0 Å². The van der Waals surface area contributed by atoms with E-state index in [2.05, 4.69) is 33.0 Å². The van der Waals surface area contributed by atoms with Crippen LogP contribution in [-0.2, 0) is 4.74 Å². The zero-order valence-electron chi connectivity index (χ0n) is 15.8. The fourth-order valence-corrected chi connectivity index (χ4v) is 2.75. The van der Waals surface area contributed by atoms with Crippen LogP contribution < -0.4 is 5.32 Å². The number of nitro benzene ring substituents is 1. The number of hydrogen-bond acceptors (Lipinski definition) is 5. The molecule has 0 aliphatic carbocycles. The van der Waals surface area contributed by atoms with Gasteiger partial charge in [-0.15, -0.1) is 0 Å². The van der Waals surface area contributed by atoms with Crippen molar-refractivity contribution in [3.05, 3.63) is 39.9 Å². The van der Waals surface area contributed by atoms with Crippen molar-refractivity contribution in [2.75, 3.05) is 6.54 Å². The Kier molecular flexibility index (Phi) is 8.55. The molecule has 0 fully saturated rings. The summed E-state index contributed by atoms with van der Waals surface area (Å²) in [4.78, 5) is 22.3. The van der Waals surface area contributed by atoms with Crippen molar-refractivity contribution >= 4 is 11.7 Å². The second-order valence-electron chi connectivity index (χ2n) is 7.38. The summed E-state index contributed by atoms with van der Waals surface area (Å²) >= 11 is 0. The summed E-state index contributed by atoms with van der Waals surface area (Å²) in [6.45, 7) is 11.2. The fourth-order valence-electron chi connectivity index (χ4n) is 2.75. The number of nitrogens with zero attached hydrogens (tertiary/aromatic N) is 1. The lowest BCUT2D eigenvalue weighted by atomic mass is 9.95. The van der Waals surface area contributed by atoms with E-state index < -0.39 is 10.9 Å². The first-order valence-corrected chi connectivity index (χ1v) is 8.87. The summed E-state index contributed by atoms with van der Waals surface area (Å²) in [5, 5.41) is 14.1. The Morgan fingerprint density at radius 3 is 2.04 bits per heavy atom. The number of nitrogens with one attached hydrogen (secondary N) is 1. The molecule has 1 unspecified atom stereocenters. The molecule has 0 amide bonds. The monoisotopic (exact) mass is 350 g/mol. The van der Waals surface area contributed by atoms with Crippen molar-refractivity contribution in [3.63, 3.8) is 0 Å². The van der Waals surface area contributed by atoms with Gasteiger partial charge in [0, 0.05) is 24.7 Å². The van der Waals surface area contributed by atoms with Gasteiger partial charge in [0.05, 0.1) is 10.5 Å². The molecule has 0 bridgehead atoms. The standard InChI is InChI=1S/C19H30N2O4/c1-13(2)10-17(11-14(3)4)20-12-15(5)25-19(22)16-6-8-18(9-7-16)21(23)24/h6-9,13-15,17,20H,10-12H2,1-5H3. The molecule has 140 valence electrons. The molecule has 0 saturated carbocycles. The van der Waals surface area contributed by atoms with Crippen LogP contribution in [0.15, 0.2) is 24.3 Å². The number of rotatable bonds is 10. The molecule has 1 atom stereocenters. The summed E-state index contributed by atoms with van der Waals surface area (Å²) < 4.78 is 5.43. The van der Waals surface area contributed by atoms with Gasteiger partial charge < -0.3 is 10.1 Å². The number of carbonyl (C=O) groups is 1. The Bertz CT molecular complexity index is 545. The minimum atomic E-state index is -0.495. The minimum Gasteiger partial charge on any atom is -0.458 e. The molecule has 6 nitrogen and oxygen atoms in total. The van der Waals surface area contributed by atoms with E-state index in [4.69, 9.17) is 4.74 Å². The van der Waals surface area contributed by atoms with Crippen molar-refractivity contribution in [1.82, 2.24) is 5.32 Å². The van der Waals surface area contributed by atoms with E-state index in [1.165, 1.54) is 24.3 Å². The molecule has 1 aromatic rings. The van der Waals surface area contributed by atoms with Gasteiger partial charge >= 0.3 is 5.97 Å². The third-order valence-corrected chi connectivity index (χ3v) is 3.83. The first-order valence-electron chi connectivity index (χ1n) is 8.87. The van der Waals surface area contributed by atoms with Gasteiger partial charge in [0.15, 0.2) is 0 Å². The predicted molar refractivity (Wildman–Crippen MR) is 98.7 cm³/mol. The van der Waals surface area contributed by atoms with Crippen LogP contribution >= 0.6 is 0 Å². The lowest BCUT2D eigenvalue weighted by molar-refractivity contribution is -0.384. The summed E-state index contributed by atoms with van der Waals surface area (Å²) in [5.41, 5.74) is 0.273. The molecule has 0 aliphatic heterocycles. The summed E-state index contributed by atoms with van der Waals surface area (Å²) in [7, 11) is 0. The van der Waals surface area contributed by atoms with Crippen LogP contribution in [-0.4, -0.2) is 29.6 Å². The second-order valence-corrected chi connectivity index (χ2v) is 7.38. The quantitative estimate of drug-likeness (QED) is 0.389. The maximum absolute atomic E-state index is 12.1. The number of nitro groups is 1. The van der Waals surface area contributed by atoms with Gasteiger partial charge in [-0.25, -0.2) is 4.79 Å². The van der Waals surface area contributed by atoms with Crippen molar-refractivity contribution in [2.45, 2.75) is 59.6 Å². The average molecular weight is 350 g/mol. The third kappa shape index (κ3) is 8.12. The van der Waals surface area contributed by atoms with Crippen molar-refractivity contribution < 1.29 is 14.5 Å². The summed E-state index contributed by atoms with van der Waals surface area (Å²) in [6.07, 6.45) is 1.90. The molecule has 0 aliphatic rings. The smallest absolute Gasteiger partial charge is 0.338 e. The number of benzene rings is 1. The van der Waals surface area contributed by atoms with Gasteiger partial charge in [-0.2, -0.15) is 0 Å². The van der Waals surface area contributed by atoms with Crippen molar-refractivity contribution in [3.8, 4) is 0 Å². The zero-order valence-corrected chi connectivity index (χ0v) is 15.8. The average Bonchev–Trinajstić information content (AvgIpc) is 2.51. The molecule has 6 heteroatoms. The molecule has 0 saturated heterocycles. The van der Waals surface area contributed by atoms with Crippen molar-refractivity contribution in [1.29, 1.82) is 0 Å². The Morgan fingerprint density at radius 1 is 1.08 bits per heavy atom. The highest BCUT2D eigenvalue weighted by atomic mass is 16.6. The molecule has 1 N–H and O–H groups in total. The number of carbonyl (C=O) groups excluding carboxylic acids is 1. The van der Waals surface area contributed by atoms with Crippen LogP contribution in [0.2, 0.25) is 0 Å². The lowest BCUT2D eigenvalue weighted by Crippen LogP contribution is -2.38. The van der Waals surface area contributed by atoms with Gasteiger partial charge in [-0.1, -0.05) is 27.7 Å². The number of esters is 1. The number of hydrogen-bond donors (Lipinski definition) is 1. The Labute approximate surface area is 150 Å². The lowest BCUT2D eigenvalue weighted by Gasteiger charge is -2.24. The molecule has 0 heterocycles.